The molecular formula is C26H22F2N2O3. The van der Waals surface area contributed by atoms with Gasteiger partial charge in [0.1, 0.15) is 23.1 Å². The normalized spacial score (nSPS) is 13.6. The van der Waals surface area contributed by atoms with E-state index >= 15 is 0 Å². The third-order valence-corrected chi connectivity index (χ3v) is 5.31. The van der Waals surface area contributed by atoms with Crippen molar-refractivity contribution in [2.24, 2.45) is 0 Å². The summed E-state index contributed by atoms with van der Waals surface area (Å²) in [5.74, 6) is -2.43. The summed E-state index contributed by atoms with van der Waals surface area (Å²) in [4.78, 5) is 29.3. The van der Waals surface area contributed by atoms with Crippen LogP contribution in [0.4, 0.5) is 14.5 Å². The van der Waals surface area contributed by atoms with Crippen molar-refractivity contribution in [1.82, 2.24) is 4.90 Å². The first-order chi connectivity index (χ1) is 15.9. The zero-order valence-electron chi connectivity index (χ0n) is 18.2. The van der Waals surface area contributed by atoms with Crippen LogP contribution in [0.5, 0.6) is 5.75 Å². The highest BCUT2D eigenvalue weighted by atomic mass is 19.1. The molecule has 0 unspecified atom stereocenters. The van der Waals surface area contributed by atoms with Gasteiger partial charge in [0.05, 0.1) is 17.9 Å². The molecule has 3 aromatic rings. The van der Waals surface area contributed by atoms with Crippen LogP contribution in [-0.4, -0.2) is 30.4 Å². The van der Waals surface area contributed by atoms with Gasteiger partial charge < -0.3 is 9.64 Å². The number of carbonyl (C=O) groups is 2. The molecule has 0 aliphatic carbocycles. The number of hydrogen-bond donors (Lipinski definition) is 0. The molecule has 7 heteroatoms. The molecule has 0 spiro atoms. The minimum absolute atomic E-state index is 0.108. The quantitative estimate of drug-likeness (QED) is 0.488. The van der Waals surface area contributed by atoms with E-state index in [4.69, 9.17) is 4.74 Å². The predicted molar refractivity (Wildman–Crippen MR) is 121 cm³/mol. The number of amides is 2. The topological polar surface area (TPSA) is 49.9 Å². The molecule has 0 N–H and O–H groups in total. The molecule has 0 radical (unpaired) electrons. The van der Waals surface area contributed by atoms with E-state index in [1.165, 1.54) is 0 Å². The molecule has 4 rings (SSSR count). The summed E-state index contributed by atoms with van der Waals surface area (Å²) in [6.07, 6.45) is 0. The summed E-state index contributed by atoms with van der Waals surface area (Å²) in [6, 6.07) is 18.9. The number of anilines is 1. The summed E-state index contributed by atoms with van der Waals surface area (Å²) in [5.41, 5.74) is 1.21. The third-order valence-electron chi connectivity index (χ3n) is 5.31. The van der Waals surface area contributed by atoms with Gasteiger partial charge in [-0.15, -0.1) is 0 Å². The zero-order chi connectivity index (χ0) is 23.5. The van der Waals surface area contributed by atoms with Crippen molar-refractivity contribution < 1.29 is 23.1 Å². The second-order valence-corrected chi connectivity index (χ2v) is 7.56. The van der Waals surface area contributed by atoms with Gasteiger partial charge >= 0.3 is 0 Å². The van der Waals surface area contributed by atoms with E-state index < -0.39 is 29.1 Å². The van der Waals surface area contributed by atoms with E-state index in [0.717, 1.165) is 23.8 Å². The molecule has 1 aliphatic rings. The van der Waals surface area contributed by atoms with E-state index in [0.29, 0.717) is 29.4 Å². The highest BCUT2D eigenvalue weighted by Gasteiger charge is 2.42. The van der Waals surface area contributed by atoms with Crippen LogP contribution in [0.1, 0.15) is 18.1 Å². The van der Waals surface area contributed by atoms with Gasteiger partial charge in [-0.1, -0.05) is 42.5 Å². The molecule has 0 aromatic heterocycles. The van der Waals surface area contributed by atoms with Crippen LogP contribution < -0.4 is 9.64 Å². The molecule has 33 heavy (non-hydrogen) atoms. The Morgan fingerprint density at radius 2 is 1.61 bits per heavy atom. The van der Waals surface area contributed by atoms with Crippen molar-refractivity contribution in [3.63, 3.8) is 0 Å². The van der Waals surface area contributed by atoms with Crippen molar-refractivity contribution in [3.05, 3.63) is 101 Å². The third kappa shape index (κ3) is 4.35. The maximum absolute atomic E-state index is 14.5. The van der Waals surface area contributed by atoms with Crippen LogP contribution in [0.15, 0.2) is 78.5 Å². The number of nitrogens with zero attached hydrogens (tertiary/aromatic N) is 2. The van der Waals surface area contributed by atoms with Gasteiger partial charge in [0.2, 0.25) is 0 Å². The number of carbonyl (C=O) groups excluding carboxylic acids is 2. The Bertz CT molecular complexity index is 1220. The van der Waals surface area contributed by atoms with E-state index in [9.17, 15) is 18.4 Å². The van der Waals surface area contributed by atoms with Crippen molar-refractivity contribution >= 4 is 23.1 Å². The SMILES string of the molecule is CCOc1ccc(C2=C(N(C)Cc3ccccc3)C(=O)N(c3cc(F)ccc3F)C2=O)cc1. The van der Waals surface area contributed by atoms with Crippen molar-refractivity contribution in [2.75, 3.05) is 18.6 Å². The molecule has 0 bridgehead atoms. The first-order valence-corrected chi connectivity index (χ1v) is 10.5. The number of imide groups is 1. The van der Waals surface area contributed by atoms with Gasteiger partial charge in [0, 0.05) is 19.7 Å². The van der Waals surface area contributed by atoms with Gasteiger partial charge in [0.25, 0.3) is 11.8 Å². The molecule has 0 saturated heterocycles. The van der Waals surface area contributed by atoms with Crippen LogP contribution in [0.3, 0.4) is 0 Å². The number of benzene rings is 3. The standard InChI is InChI=1S/C26H22F2N2O3/c1-3-33-20-12-9-18(10-13-20)23-24(29(2)16-17-7-5-4-6-8-17)26(32)30(25(23)31)22-15-19(27)11-14-21(22)28/h4-15H,3,16H2,1-2H3. The number of ether oxygens (including phenoxy) is 1. The van der Waals surface area contributed by atoms with Crippen molar-refractivity contribution in [1.29, 1.82) is 0 Å². The second-order valence-electron chi connectivity index (χ2n) is 7.56. The van der Waals surface area contributed by atoms with Gasteiger partial charge in [-0.3, -0.25) is 9.59 Å². The van der Waals surface area contributed by atoms with Crippen LogP contribution in [-0.2, 0) is 16.1 Å². The fourth-order valence-electron chi connectivity index (χ4n) is 3.83. The lowest BCUT2D eigenvalue weighted by Crippen LogP contribution is -2.34. The largest absolute Gasteiger partial charge is 0.494 e. The zero-order valence-corrected chi connectivity index (χ0v) is 18.2. The summed E-state index contributed by atoms with van der Waals surface area (Å²) in [7, 11) is 1.69. The molecule has 168 valence electrons. The fourth-order valence-corrected chi connectivity index (χ4v) is 3.83. The number of likely N-dealkylation sites (N-methyl/N-ethyl adjacent to an activating group) is 1. The number of halogens is 2. The van der Waals surface area contributed by atoms with Gasteiger partial charge in [0.15, 0.2) is 0 Å². The molecule has 3 aromatic carbocycles. The van der Waals surface area contributed by atoms with Gasteiger partial charge in [-0.05, 0) is 42.3 Å². The monoisotopic (exact) mass is 448 g/mol. The smallest absolute Gasteiger partial charge is 0.282 e. The molecule has 0 fully saturated rings. The highest BCUT2D eigenvalue weighted by Crippen LogP contribution is 2.36. The minimum Gasteiger partial charge on any atom is -0.494 e. The van der Waals surface area contributed by atoms with Crippen molar-refractivity contribution in [3.8, 4) is 5.75 Å². The lowest BCUT2D eigenvalue weighted by molar-refractivity contribution is -0.120. The summed E-state index contributed by atoms with van der Waals surface area (Å²) < 4.78 is 33.9. The average Bonchev–Trinajstić information content (AvgIpc) is 3.07. The van der Waals surface area contributed by atoms with Gasteiger partial charge in [-0.2, -0.15) is 0 Å². The Hall–Kier alpha value is -4.00. The lowest BCUT2D eigenvalue weighted by Gasteiger charge is -2.22. The van der Waals surface area contributed by atoms with Crippen molar-refractivity contribution in [2.45, 2.75) is 13.5 Å². The Kier molecular flexibility index (Phi) is 6.22. The first-order valence-electron chi connectivity index (χ1n) is 10.5. The van der Waals surface area contributed by atoms with Crippen LogP contribution in [0, 0.1) is 11.6 Å². The van der Waals surface area contributed by atoms with E-state index in [-0.39, 0.29) is 11.3 Å². The molecule has 0 saturated carbocycles. The van der Waals surface area contributed by atoms with Crippen LogP contribution >= 0.6 is 0 Å². The maximum atomic E-state index is 14.5. The molecule has 1 heterocycles. The number of hydrogen-bond acceptors (Lipinski definition) is 4. The van der Waals surface area contributed by atoms with E-state index in [2.05, 4.69) is 0 Å². The lowest BCUT2D eigenvalue weighted by atomic mass is 10.0. The molecule has 1 aliphatic heterocycles. The van der Waals surface area contributed by atoms with Crippen LogP contribution in [0.2, 0.25) is 0 Å². The average molecular weight is 448 g/mol. The highest BCUT2D eigenvalue weighted by molar-refractivity contribution is 6.45. The Labute approximate surface area is 190 Å². The Balaban J connectivity index is 1.80. The maximum Gasteiger partial charge on any atom is 0.282 e. The molecule has 2 amide bonds. The Morgan fingerprint density at radius 3 is 2.27 bits per heavy atom. The number of rotatable bonds is 7. The van der Waals surface area contributed by atoms with Gasteiger partial charge in [-0.25, -0.2) is 13.7 Å². The van der Waals surface area contributed by atoms with E-state index in [1.807, 2.05) is 37.3 Å². The summed E-state index contributed by atoms with van der Waals surface area (Å²) in [5, 5.41) is 0. The predicted octanol–water partition coefficient (Wildman–Crippen LogP) is 4.78. The Morgan fingerprint density at radius 1 is 0.909 bits per heavy atom. The second kappa shape index (κ2) is 9.24. The minimum atomic E-state index is -0.865. The molecule has 0 atom stereocenters. The summed E-state index contributed by atoms with van der Waals surface area (Å²) in [6.45, 7) is 2.68. The summed E-state index contributed by atoms with van der Waals surface area (Å²) >= 11 is 0. The molecular weight excluding hydrogens is 426 g/mol. The van der Waals surface area contributed by atoms with E-state index in [1.54, 1.807) is 36.2 Å². The fraction of sp³-hybridized carbons (Fsp3) is 0.154. The van der Waals surface area contributed by atoms with Crippen LogP contribution in [0.25, 0.3) is 5.57 Å². The first kappa shape index (κ1) is 22.2. The molecule has 5 nitrogen and oxygen atoms in total.